The molecule has 1 aliphatic heterocycles. The van der Waals surface area contributed by atoms with Crippen molar-refractivity contribution in [2.75, 3.05) is 23.8 Å². The lowest BCUT2D eigenvalue weighted by atomic mass is 10.1. The Balaban J connectivity index is 1.80. The van der Waals surface area contributed by atoms with E-state index in [-0.39, 0.29) is 18.1 Å². The average molecular weight is 469 g/mol. The third-order valence-electron chi connectivity index (χ3n) is 5.07. The lowest BCUT2D eigenvalue weighted by Gasteiger charge is -2.28. The van der Waals surface area contributed by atoms with Gasteiger partial charge in [0.2, 0.25) is 5.95 Å². The molecule has 0 bridgehead atoms. The maximum Gasteiger partial charge on any atom is 0.419 e. The maximum absolute atomic E-state index is 14.6. The summed E-state index contributed by atoms with van der Waals surface area (Å²) in [6.07, 6.45) is -2.02. The zero-order chi connectivity index (χ0) is 24.2. The van der Waals surface area contributed by atoms with Gasteiger partial charge in [0.15, 0.2) is 0 Å². The summed E-state index contributed by atoms with van der Waals surface area (Å²) in [5, 5.41) is 13.3. The van der Waals surface area contributed by atoms with Gasteiger partial charge in [0.1, 0.15) is 6.04 Å². The minimum Gasteiger partial charge on any atom is -0.352 e. The van der Waals surface area contributed by atoms with Gasteiger partial charge in [-0.2, -0.15) is 18.3 Å². The molecule has 176 valence electrons. The molecule has 1 atom stereocenters. The van der Waals surface area contributed by atoms with Crippen LogP contribution in [0, 0.1) is 12.3 Å². The standard InChI is InChI=1S/C20H20F5N7O/c1-12-3-2-4-14(16(12)31-30-7-6-26)17(33)32-8-5-19(21,22)15(32)11-29-18-27-9-13(10-28-18)20(23,24)25/h2-4,6-7,9-10,15,26,31H,5,8,11H2,1H3,(H,27,28,29)/b26-6?,30-7-. The first-order chi connectivity index (χ1) is 15.5. The number of nitrogens with one attached hydrogen (secondary N) is 3. The fourth-order valence-corrected chi connectivity index (χ4v) is 3.36. The van der Waals surface area contributed by atoms with Crippen LogP contribution < -0.4 is 10.7 Å². The van der Waals surface area contributed by atoms with Crippen LogP contribution in [0.4, 0.5) is 33.6 Å². The summed E-state index contributed by atoms with van der Waals surface area (Å²) in [7, 11) is 0. The molecular formula is C20H20F5N7O. The highest BCUT2D eigenvalue weighted by atomic mass is 19.4. The van der Waals surface area contributed by atoms with Gasteiger partial charge < -0.3 is 15.6 Å². The third-order valence-corrected chi connectivity index (χ3v) is 5.07. The predicted molar refractivity (Wildman–Crippen MR) is 112 cm³/mol. The van der Waals surface area contributed by atoms with E-state index in [1.807, 2.05) is 0 Å². The van der Waals surface area contributed by atoms with Gasteiger partial charge in [0.25, 0.3) is 11.8 Å². The Morgan fingerprint density at radius 3 is 2.67 bits per heavy atom. The molecule has 1 aromatic heterocycles. The van der Waals surface area contributed by atoms with Crippen LogP contribution in [-0.2, 0) is 6.18 Å². The van der Waals surface area contributed by atoms with Crippen molar-refractivity contribution in [2.45, 2.75) is 31.5 Å². The minimum atomic E-state index is -4.62. The molecule has 0 saturated carbocycles. The van der Waals surface area contributed by atoms with Gasteiger partial charge in [-0.05, 0) is 18.6 Å². The van der Waals surface area contributed by atoms with Gasteiger partial charge in [-0.3, -0.25) is 10.2 Å². The summed E-state index contributed by atoms with van der Waals surface area (Å²) in [5.74, 6) is -4.16. The Morgan fingerprint density at radius 2 is 2.03 bits per heavy atom. The second-order valence-electron chi connectivity index (χ2n) is 7.25. The zero-order valence-electron chi connectivity index (χ0n) is 17.3. The molecule has 1 aromatic carbocycles. The van der Waals surface area contributed by atoms with E-state index in [0.717, 1.165) is 17.3 Å². The van der Waals surface area contributed by atoms with Gasteiger partial charge in [0.05, 0.1) is 23.0 Å². The lowest BCUT2D eigenvalue weighted by Crippen LogP contribution is -2.47. The number of aromatic nitrogens is 2. The summed E-state index contributed by atoms with van der Waals surface area (Å²) in [4.78, 5) is 21.2. The number of hydrogen-bond donors (Lipinski definition) is 3. The van der Waals surface area contributed by atoms with Crippen LogP contribution in [0.15, 0.2) is 35.7 Å². The molecule has 1 amide bonds. The molecule has 0 radical (unpaired) electrons. The van der Waals surface area contributed by atoms with E-state index in [4.69, 9.17) is 5.41 Å². The van der Waals surface area contributed by atoms with Crippen molar-refractivity contribution in [3.8, 4) is 0 Å². The number of hydrazone groups is 1. The molecule has 0 spiro atoms. The van der Waals surface area contributed by atoms with Crippen LogP contribution in [-0.4, -0.2) is 58.3 Å². The number of halogens is 5. The van der Waals surface area contributed by atoms with Gasteiger partial charge >= 0.3 is 6.18 Å². The van der Waals surface area contributed by atoms with E-state index in [1.165, 1.54) is 6.07 Å². The number of hydrogen-bond acceptors (Lipinski definition) is 7. The van der Waals surface area contributed by atoms with E-state index in [9.17, 15) is 26.7 Å². The van der Waals surface area contributed by atoms with Crippen LogP contribution in [0.25, 0.3) is 0 Å². The highest BCUT2D eigenvalue weighted by molar-refractivity contribution is 6.14. The Bertz CT molecular complexity index is 1040. The molecule has 8 nitrogen and oxygen atoms in total. The van der Waals surface area contributed by atoms with Crippen LogP contribution >= 0.6 is 0 Å². The van der Waals surface area contributed by atoms with Crippen LogP contribution in [0.2, 0.25) is 0 Å². The second kappa shape index (κ2) is 9.46. The summed E-state index contributed by atoms with van der Waals surface area (Å²) in [5.41, 5.74) is 2.66. The lowest BCUT2D eigenvalue weighted by molar-refractivity contribution is -0.138. The van der Waals surface area contributed by atoms with Crippen molar-refractivity contribution < 1.29 is 26.7 Å². The third kappa shape index (κ3) is 5.41. The number of nitrogens with zero attached hydrogens (tertiary/aromatic N) is 4. The quantitative estimate of drug-likeness (QED) is 0.325. The smallest absolute Gasteiger partial charge is 0.352 e. The van der Waals surface area contributed by atoms with Gasteiger partial charge in [0, 0.05) is 38.1 Å². The number of rotatable bonds is 7. The molecular weight excluding hydrogens is 449 g/mol. The zero-order valence-corrected chi connectivity index (χ0v) is 17.3. The average Bonchev–Trinajstić information content (AvgIpc) is 3.06. The van der Waals surface area contributed by atoms with Crippen molar-refractivity contribution in [3.05, 3.63) is 47.3 Å². The molecule has 3 N–H and O–H groups in total. The number of amides is 1. The van der Waals surface area contributed by atoms with E-state index in [0.29, 0.717) is 23.6 Å². The summed E-state index contributed by atoms with van der Waals surface area (Å²) in [6, 6.07) is 3.20. The topological polar surface area (TPSA) is 106 Å². The van der Waals surface area contributed by atoms with Gasteiger partial charge in [-0.15, -0.1) is 0 Å². The molecule has 1 fully saturated rings. The Labute approximate surface area is 185 Å². The molecule has 1 aliphatic rings. The van der Waals surface area contributed by atoms with Gasteiger partial charge in [-0.1, -0.05) is 12.1 Å². The number of likely N-dealkylation sites (tertiary alicyclic amines) is 1. The molecule has 0 aliphatic carbocycles. The number of aryl methyl sites for hydroxylation is 1. The van der Waals surface area contributed by atoms with Crippen molar-refractivity contribution in [3.63, 3.8) is 0 Å². The van der Waals surface area contributed by atoms with E-state index in [1.54, 1.807) is 19.1 Å². The van der Waals surface area contributed by atoms with Crippen LogP contribution in [0.1, 0.15) is 27.9 Å². The number of para-hydroxylation sites is 1. The normalized spacial score (nSPS) is 17.9. The largest absolute Gasteiger partial charge is 0.419 e. The molecule has 1 unspecified atom stereocenters. The highest BCUT2D eigenvalue weighted by Gasteiger charge is 2.51. The van der Waals surface area contributed by atoms with Crippen molar-refractivity contribution >= 4 is 30.0 Å². The second-order valence-corrected chi connectivity index (χ2v) is 7.25. The van der Waals surface area contributed by atoms with E-state index < -0.39 is 42.6 Å². The number of carbonyl (C=O) groups excluding carboxylic acids is 1. The highest BCUT2D eigenvalue weighted by Crippen LogP contribution is 2.36. The SMILES string of the molecule is Cc1cccc(C(=O)N2CCC(F)(F)C2CNc2ncc(C(F)(F)F)cn2)c1N/N=C\C=N. The summed E-state index contributed by atoms with van der Waals surface area (Å²) in [6.45, 7) is 1.02. The Morgan fingerprint density at radius 1 is 1.33 bits per heavy atom. The first-order valence-electron chi connectivity index (χ1n) is 9.74. The maximum atomic E-state index is 14.6. The molecule has 2 aromatic rings. The number of alkyl halides is 5. The molecule has 3 rings (SSSR count). The number of benzene rings is 1. The Hall–Kier alpha value is -3.64. The monoisotopic (exact) mass is 469 g/mol. The first-order valence-corrected chi connectivity index (χ1v) is 9.74. The fraction of sp³-hybridized carbons (Fsp3) is 0.350. The van der Waals surface area contributed by atoms with E-state index >= 15 is 0 Å². The molecule has 33 heavy (non-hydrogen) atoms. The Kier molecular flexibility index (Phi) is 6.89. The van der Waals surface area contributed by atoms with Crippen molar-refractivity contribution in [1.29, 1.82) is 5.41 Å². The van der Waals surface area contributed by atoms with Crippen molar-refractivity contribution in [1.82, 2.24) is 14.9 Å². The number of anilines is 2. The number of carbonyl (C=O) groups is 1. The molecule has 1 saturated heterocycles. The molecule has 13 heteroatoms. The van der Waals surface area contributed by atoms with Gasteiger partial charge in [-0.25, -0.2) is 18.7 Å². The van der Waals surface area contributed by atoms with Crippen LogP contribution in [0.3, 0.4) is 0 Å². The summed E-state index contributed by atoms with van der Waals surface area (Å²) < 4.78 is 67.1. The minimum absolute atomic E-state index is 0.116. The first kappa shape index (κ1) is 24.0. The predicted octanol–water partition coefficient (Wildman–Crippen LogP) is 3.81. The fourth-order valence-electron chi connectivity index (χ4n) is 3.36. The molecule has 2 heterocycles. The summed E-state index contributed by atoms with van der Waals surface area (Å²) >= 11 is 0. The van der Waals surface area contributed by atoms with Crippen LogP contribution in [0.5, 0.6) is 0 Å². The van der Waals surface area contributed by atoms with Crippen molar-refractivity contribution in [2.24, 2.45) is 5.10 Å². The van der Waals surface area contributed by atoms with E-state index in [2.05, 4.69) is 25.8 Å².